The van der Waals surface area contributed by atoms with Crippen LogP contribution in [0.1, 0.15) is 27.2 Å². The zero-order valence-corrected chi connectivity index (χ0v) is 9.16. The molecule has 1 rings (SSSR count). The Balaban J connectivity index is 2.77. The van der Waals surface area contributed by atoms with Gasteiger partial charge in [0.15, 0.2) is 0 Å². The first-order valence-corrected chi connectivity index (χ1v) is 5.05. The van der Waals surface area contributed by atoms with E-state index in [1.54, 1.807) is 0 Å². The molecule has 0 aromatic heterocycles. The Kier molecular flexibility index (Phi) is 3.32. The van der Waals surface area contributed by atoms with Gasteiger partial charge in [0.25, 0.3) is 0 Å². The molecule has 3 nitrogen and oxygen atoms in total. The Morgan fingerprint density at radius 2 is 2.07 bits per heavy atom. The second kappa shape index (κ2) is 4.13. The molecule has 0 aromatic carbocycles. The number of nitrogens with zero attached hydrogens (tertiary/aromatic N) is 1. The van der Waals surface area contributed by atoms with Crippen LogP contribution in [0.25, 0.3) is 0 Å². The summed E-state index contributed by atoms with van der Waals surface area (Å²) in [4.78, 5) is 13.2. The van der Waals surface area contributed by atoms with Crippen molar-refractivity contribution in [2.75, 3.05) is 13.1 Å². The molecule has 0 spiro atoms. The van der Waals surface area contributed by atoms with E-state index in [4.69, 9.17) is 0 Å². The van der Waals surface area contributed by atoms with Gasteiger partial charge in [-0.25, -0.2) is 0 Å². The second-order valence-corrected chi connectivity index (χ2v) is 4.86. The summed E-state index contributed by atoms with van der Waals surface area (Å²) in [6.07, 6.45) is 5.11. The van der Waals surface area contributed by atoms with E-state index in [1.807, 2.05) is 31.7 Å². The third-order valence-electron chi connectivity index (χ3n) is 2.51. The SMILES string of the molecule is CC(C)(C)C(C(=O)O)N1CC=CCC1. The van der Waals surface area contributed by atoms with Crippen molar-refractivity contribution in [2.45, 2.75) is 33.2 Å². The number of carboxylic acid groups (broad SMARTS) is 1. The highest BCUT2D eigenvalue weighted by atomic mass is 16.4. The van der Waals surface area contributed by atoms with E-state index < -0.39 is 5.97 Å². The highest BCUT2D eigenvalue weighted by Crippen LogP contribution is 2.25. The minimum atomic E-state index is -0.715. The van der Waals surface area contributed by atoms with Crippen LogP contribution < -0.4 is 0 Å². The molecule has 0 fully saturated rings. The van der Waals surface area contributed by atoms with Crippen molar-refractivity contribution < 1.29 is 9.90 Å². The molecule has 0 aromatic rings. The molecule has 0 saturated carbocycles. The molecule has 1 N–H and O–H groups in total. The molecule has 0 aliphatic carbocycles. The summed E-state index contributed by atoms with van der Waals surface area (Å²) in [5.74, 6) is -0.715. The normalized spacial score (nSPS) is 20.8. The fourth-order valence-electron chi connectivity index (χ4n) is 1.97. The number of hydrogen-bond acceptors (Lipinski definition) is 2. The van der Waals surface area contributed by atoms with Crippen LogP contribution in [0.2, 0.25) is 0 Å². The molecule has 0 amide bonds. The van der Waals surface area contributed by atoms with Crippen molar-refractivity contribution in [1.82, 2.24) is 4.90 Å². The fourth-order valence-corrected chi connectivity index (χ4v) is 1.97. The summed E-state index contributed by atoms with van der Waals surface area (Å²) in [5.41, 5.74) is -0.211. The van der Waals surface area contributed by atoms with Crippen LogP contribution >= 0.6 is 0 Å². The lowest BCUT2D eigenvalue weighted by molar-refractivity contribution is -0.147. The largest absolute Gasteiger partial charge is 0.480 e. The molecular weight excluding hydrogens is 178 g/mol. The van der Waals surface area contributed by atoms with Crippen molar-refractivity contribution in [3.63, 3.8) is 0 Å². The standard InChI is InChI=1S/C11H19NO2/c1-11(2,3)9(10(13)14)12-7-5-4-6-8-12/h4-5,9H,6-8H2,1-3H3,(H,13,14). The maximum atomic E-state index is 11.2. The summed E-state index contributed by atoms with van der Waals surface area (Å²) in [6, 6.07) is -0.382. The third kappa shape index (κ3) is 2.58. The summed E-state index contributed by atoms with van der Waals surface area (Å²) in [7, 11) is 0. The van der Waals surface area contributed by atoms with Crippen LogP contribution in [-0.4, -0.2) is 35.1 Å². The summed E-state index contributed by atoms with van der Waals surface area (Å²) >= 11 is 0. The van der Waals surface area contributed by atoms with Gasteiger partial charge in [0.1, 0.15) is 6.04 Å². The Morgan fingerprint density at radius 1 is 1.43 bits per heavy atom. The smallest absolute Gasteiger partial charge is 0.321 e. The van der Waals surface area contributed by atoms with Crippen molar-refractivity contribution in [3.05, 3.63) is 12.2 Å². The van der Waals surface area contributed by atoms with Gasteiger partial charge in [-0.15, -0.1) is 0 Å². The lowest BCUT2D eigenvalue weighted by atomic mass is 9.85. The predicted molar refractivity (Wildman–Crippen MR) is 56.2 cm³/mol. The molecule has 1 unspecified atom stereocenters. The van der Waals surface area contributed by atoms with Gasteiger partial charge in [-0.1, -0.05) is 32.9 Å². The van der Waals surface area contributed by atoms with Gasteiger partial charge in [-0.05, 0) is 11.8 Å². The van der Waals surface area contributed by atoms with E-state index in [1.165, 1.54) is 0 Å². The maximum absolute atomic E-state index is 11.2. The molecule has 1 aliphatic rings. The zero-order valence-electron chi connectivity index (χ0n) is 9.16. The molecule has 80 valence electrons. The van der Waals surface area contributed by atoms with Crippen LogP contribution in [0.15, 0.2) is 12.2 Å². The van der Waals surface area contributed by atoms with Crippen molar-refractivity contribution in [3.8, 4) is 0 Å². The number of carbonyl (C=O) groups is 1. The summed E-state index contributed by atoms with van der Waals surface area (Å²) in [6.45, 7) is 7.54. The fraction of sp³-hybridized carbons (Fsp3) is 0.727. The zero-order chi connectivity index (χ0) is 10.8. The topological polar surface area (TPSA) is 40.5 Å². The molecule has 0 saturated heterocycles. The lowest BCUT2D eigenvalue weighted by Gasteiger charge is -2.37. The quantitative estimate of drug-likeness (QED) is 0.686. The average Bonchev–Trinajstić information content (AvgIpc) is 2.02. The maximum Gasteiger partial charge on any atom is 0.321 e. The third-order valence-corrected chi connectivity index (χ3v) is 2.51. The van der Waals surface area contributed by atoms with E-state index in [9.17, 15) is 9.90 Å². The van der Waals surface area contributed by atoms with Gasteiger partial charge >= 0.3 is 5.97 Å². The van der Waals surface area contributed by atoms with Crippen LogP contribution in [0, 0.1) is 5.41 Å². The number of rotatable bonds is 2. The van der Waals surface area contributed by atoms with E-state index in [0.29, 0.717) is 0 Å². The molecule has 1 aliphatic heterocycles. The molecule has 1 heterocycles. The first-order chi connectivity index (χ1) is 6.43. The summed E-state index contributed by atoms with van der Waals surface area (Å²) < 4.78 is 0. The first-order valence-electron chi connectivity index (χ1n) is 5.05. The van der Waals surface area contributed by atoms with E-state index >= 15 is 0 Å². The Hall–Kier alpha value is -0.830. The lowest BCUT2D eigenvalue weighted by Crippen LogP contribution is -2.50. The van der Waals surface area contributed by atoms with Gasteiger partial charge in [-0.3, -0.25) is 9.69 Å². The van der Waals surface area contributed by atoms with Gasteiger partial charge in [0, 0.05) is 13.1 Å². The van der Waals surface area contributed by atoms with Gasteiger partial charge in [0.2, 0.25) is 0 Å². The number of hydrogen-bond donors (Lipinski definition) is 1. The molecule has 1 atom stereocenters. The number of aliphatic carboxylic acids is 1. The highest BCUT2D eigenvalue weighted by Gasteiger charge is 2.36. The van der Waals surface area contributed by atoms with Crippen molar-refractivity contribution >= 4 is 5.97 Å². The van der Waals surface area contributed by atoms with Gasteiger partial charge < -0.3 is 5.11 Å². The first kappa shape index (κ1) is 11.2. The van der Waals surface area contributed by atoms with E-state index in [0.717, 1.165) is 19.5 Å². The van der Waals surface area contributed by atoms with Gasteiger partial charge in [0.05, 0.1) is 0 Å². The van der Waals surface area contributed by atoms with Crippen LogP contribution in [0.5, 0.6) is 0 Å². The van der Waals surface area contributed by atoms with E-state index in [2.05, 4.69) is 6.08 Å². The van der Waals surface area contributed by atoms with E-state index in [-0.39, 0.29) is 11.5 Å². The average molecular weight is 197 g/mol. The Bertz CT molecular complexity index is 240. The monoisotopic (exact) mass is 197 g/mol. The molecule has 14 heavy (non-hydrogen) atoms. The summed E-state index contributed by atoms with van der Waals surface area (Å²) in [5, 5.41) is 9.20. The molecular formula is C11H19NO2. The predicted octanol–water partition coefficient (Wildman–Crippen LogP) is 1.75. The molecule has 0 radical (unpaired) electrons. The minimum Gasteiger partial charge on any atom is -0.480 e. The number of carboxylic acids is 1. The second-order valence-electron chi connectivity index (χ2n) is 4.86. The highest BCUT2D eigenvalue weighted by molar-refractivity contribution is 5.74. The molecule has 0 bridgehead atoms. The Labute approximate surface area is 85.4 Å². The minimum absolute atomic E-state index is 0.211. The van der Waals surface area contributed by atoms with Crippen LogP contribution in [-0.2, 0) is 4.79 Å². The van der Waals surface area contributed by atoms with Crippen LogP contribution in [0.4, 0.5) is 0 Å². The van der Waals surface area contributed by atoms with Crippen molar-refractivity contribution in [2.24, 2.45) is 5.41 Å². The van der Waals surface area contributed by atoms with Gasteiger partial charge in [-0.2, -0.15) is 0 Å². The molecule has 3 heteroatoms. The Morgan fingerprint density at radius 3 is 2.43 bits per heavy atom. The van der Waals surface area contributed by atoms with Crippen LogP contribution in [0.3, 0.4) is 0 Å². The van der Waals surface area contributed by atoms with Crippen molar-refractivity contribution in [1.29, 1.82) is 0 Å².